The Morgan fingerprint density at radius 3 is 2.67 bits per heavy atom. The van der Waals surface area contributed by atoms with Crippen LogP contribution in [-0.4, -0.2) is 6.54 Å². The number of hydrogen-bond donors (Lipinski definition) is 1. The molecule has 0 unspecified atom stereocenters. The molecule has 0 aliphatic heterocycles. The molecular weight excluding hydrogens is 311 g/mol. The Hall–Kier alpha value is -0.320. The lowest BCUT2D eigenvalue weighted by molar-refractivity contribution is 0.581. The highest BCUT2D eigenvalue weighted by Crippen LogP contribution is 2.23. The van der Waals surface area contributed by atoms with Crippen molar-refractivity contribution in [1.82, 2.24) is 0 Å². The minimum Gasteiger partial charge on any atom is -0.378 e. The van der Waals surface area contributed by atoms with Crippen molar-refractivity contribution in [3.63, 3.8) is 0 Å². The average molecular weight is 317 g/mol. The molecule has 0 spiro atoms. The number of benzene rings is 1. The van der Waals surface area contributed by atoms with Gasteiger partial charge < -0.3 is 5.32 Å². The van der Waals surface area contributed by atoms with Crippen molar-refractivity contribution in [2.24, 2.45) is 0 Å². The smallest absolute Gasteiger partial charge is 0.149 e. The summed E-state index contributed by atoms with van der Waals surface area (Å²) in [5.74, 6) is -1.34. The van der Waals surface area contributed by atoms with E-state index in [1.54, 1.807) is 0 Å². The van der Waals surface area contributed by atoms with Gasteiger partial charge in [0.15, 0.2) is 0 Å². The fourth-order valence-corrected chi connectivity index (χ4v) is 1.36. The second-order valence-electron chi connectivity index (χ2n) is 2.66. The van der Waals surface area contributed by atoms with Crippen molar-refractivity contribution in [3.05, 3.63) is 38.8 Å². The van der Waals surface area contributed by atoms with Crippen LogP contribution in [0, 0.1) is 11.6 Å². The van der Waals surface area contributed by atoms with Crippen LogP contribution in [0.5, 0.6) is 0 Å². The molecule has 1 aromatic carbocycles. The molecule has 1 nitrogen and oxygen atoms in total. The second-order valence-corrected chi connectivity index (χ2v) is 4.21. The molecule has 0 radical (unpaired) electrons. The highest BCUT2D eigenvalue weighted by Gasteiger charge is 2.07. The van der Waals surface area contributed by atoms with Crippen LogP contribution >= 0.6 is 39.1 Å². The molecule has 0 aliphatic rings. The fraction of sp³-hybridized carbons (Fsp3) is 0.111. The Labute approximate surface area is 104 Å². The van der Waals surface area contributed by atoms with Gasteiger partial charge >= 0.3 is 0 Å². The van der Waals surface area contributed by atoms with E-state index < -0.39 is 11.6 Å². The monoisotopic (exact) mass is 315 g/mol. The normalized spacial score (nSPS) is 11.7. The molecule has 1 rings (SSSR count). The molecule has 15 heavy (non-hydrogen) atoms. The van der Waals surface area contributed by atoms with Gasteiger partial charge in [0.25, 0.3) is 0 Å². The van der Waals surface area contributed by atoms with Gasteiger partial charge in [0.1, 0.15) is 11.6 Å². The maximum absolute atomic E-state index is 13.2. The van der Waals surface area contributed by atoms with Gasteiger partial charge in [-0.2, -0.15) is 0 Å². The summed E-state index contributed by atoms with van der Waals surface area (Å²) in [6.45, 7) is 0.181. The quantitative estimate of drug-likeness (QED) is 0.812. The summed E-state index contributed by atoms with van der Waals surface area (Å²) in [5, 5.41) is 3.01. The van der Waals surface area contributed by atoms with E-state index in [9.17, 15) is 8.78 Å². The van der Waals surface area contributed by atoms with Crippen LogP contribution in [0.1, 0.15) is 0 Å². The van der Waals surface area contributed by atoms with Gasteiger partial charge in [0.05, 0.1) is 16.7 Å². The average Bonchev–Trinajstić information content (AvgIpc) is 2.21. The van der Waals surface area contributed by atoms with Gasteiger partial charge in [-0.1, -0.05) is 23.2 Å². The number of nitrogens with one attached hydrogen (secondary N) is 1. The Balaban J connectivity index is 2.82. The van der Waals surface area contributed by atoms with E-state index in [0.29, 0.717) is 5.03 Å². The van der Waals surface area contributed by atoms with E-state index in [1.165, 1.54) is 11.6 Å². The molecule has 0 heterocycles. The highest BCUT2D eigenvalue weighted by atomic mass is 79.9. The molecule has 0 saturated carbocycles. The molecule has 0 atom stereocenters. The number of rotatable bonds is 3. The van der Waals surface area contributed by atoms with Crippen molar-refractivity contribution in [3.8, 4) is 0 Å². The molecule has 0 bridgehead atoms. The molecule has 0 aromatic heterocycles. The summed E-state index contributed by atoms with van der Waals surface area (Å²) in [6, 6.07) is 2.08. The topological polar surface area (TPSA) is 12.0 Å². The summed E-state index contributed by atoms with van der Waals surface area (Å²) in [6.07, 6.45) is 0. The van der Waals surface area contributed by atoms with Crippen LogP contribution in [-0.2, 0) is 0 Å². The van der Waals surface area contributed by atoms with Crippen LogP contribution in [0.15, 0.2) is 27.2 Å². The Morgan fingerprint density at radius 2 is 2.07 bits per heavy atom. The zero-order valence-electron chi connectivity index (χ0n) is 7.33. The van der Waals surface area contributed by atoms with Gasteiger partial charge in [0, 0.05) is 16.6 Å². The van der Waals surface area contributed by atoms with Crippen LogP contribution in [0.2, 0.25) is 0 Å². The molecule has 6 heteroatoms. The minimum atomic E-state index is -0.685. The van der Waals surface area contributed by atoms with Crippen molar-refractivity contribution >= 4 is 44.8 Å². The third-order valence-corrected chi connectivity index (χ3v) is 2.80. The van der Waals surface area contributed by atoms with E-state index in [4.69, 9.17) is 23.2 Å². The molecule has 1 aromatic rings. The van der Waals surface area contributed by atoms with Gasteiger partial charge in [-0.3, -0.25) is 0 Å². The summed E-state index contributed by atoms with van der Waals surface area (Å²) >= 11 is 13.9. The van der Waals surface area contributed by atoms with E-state index in [-0.39, 0.29) is 16.7 Å². The molecular formula is C9H6BrCl2F2N. The lowest BCUT2D eigenvalue weighted by atomic mass is 10.3. The SMILES string of the molecule is Fc1cc(F)c(NC/C(Cl)=C/Cl)cc1Br. The maximum Gasteiger partial charge on any atom is 0.149 e. The molecule has 82 valence electrons. The maximum atomic E-state index is 13.2. The van der Waals surface area contributed by atoms with Crippen LogP contribution in [0.3, 0.4) is 0 Å². The summed E-state index contributed by atoms with van der Waals surface area (Å²) in [4.78, 5) is 0. The Bertz CT molecular complexity index is 396. The van der Waals surface area contributed by atoms with Gasteiger partial charge in [0.2, 0.25) is 0 Å². The van der Waals surface area contributed by atoms with Gasteiger partial charge in [-0.05, 0) is 22.0 Å². The van der Waals surface area contributed by atoms with Crippen LogP contribution < -0.4 is 5.32 Å². The first-order valence-corrected chi connectivity index (χ1v) is 5.48. The first-order valence-electron chi connectivity index (χ1n) is 3.87. The van der Waals surface area contributed by atoms with E-state index in [1.807, 2.05) is 0 Å². The van der Waals surface area contributed by atoms with Crippen molar-refractivity contribution in [2.75, 3.05) is 11.9 Å². The molecule has 0 saturated heterocycles. The minimum absolute atomic E-state index is 0.153. The number of hydrogen-bond acceptors (Lipinski definition) is 1. The largest absolute Gasteiger partial charge is 0.378 e. The fourth-order valence-electron chi connectivity index (χ4n) is 0.876. The van der Waals surface area contributed by atoms with Gasteiger partial charge in [-0.15, -0.1) is 0 Å². The third-order valence-electron chi connectivity index (χ3n) is 1.58. The van der Waals surface area contributed by atoms with Crippen LogP contribution in [0.4, 0.5) is 14.5 Å². The molecule has 0 aliphatic carbocycles. The first kappa shape index (κ1) is 12.7. The summed E-state index contributed by atoms with van der Waals surface area (Å²) in [7, 11) is 0. The predicted octanol–water partition coefficient (Wildman–Crippen LogP) is 4.46. The molecule has 0 amide bonds. The summed E-state index contributed by atoms with van der Waals surface area (Å²) in [5.41, 5.74) is 1.32. The zero-order chi connectivity index (χ0) is 11.4. The Kier molecular flexibility index (Phi) is 4.83. The van der Waals surface area contributed by atoms with Crippen LogP contribution in [0.25, 0.3) is 0 Å². The number of halogens is 5. The zero-order valence-corrected chi connectivity index (χ0v) is 10.4. The van der Waals surface area contributed by atoms with E-state index in [2.05, 4.69) is 21.2 Å². The lowest BCUT2D eigenvalue weighted by Gasteiger charge is -2.07. The lowest BCUT2D eigenvalue weighted by Crippen LogP contribution is -2.03. The van der Waals surface area contributed by atoms with E-state index in [0.717, 1.165) is 6.07 Å². The van der Waals surface area contributed by atoms with Crippen molar-refractivity contribution in [2.45, 2.75) is 0 Å². The summed E-state index contributed by atoms with van der Waals surface area (Å²) < 4.78 is 26.2. The first-order chi connectivity index (χ1) is 7.04. The van der Waals surface area contributed by atoms with Gasteiger partial charge in [-0.25, -0.2) is 8.78 Å². The molecule has 0 fully saturated rings. The van der Waals surface area contributed by atoms with Crippen molar-refractivity contribution < 1.29 is 8.78 Å². The predicted molar refractivity (Wildman–Crippen MR) is 62.3 cm³/mol. The highest BCUT2D eigenvalue weighted by molar-refractivity contribution is 9.10. The Morgan fingerprint density at radius 1 is 1.40 bits per heavy atom. The standard InChI is InChI=1S/C9H6BrCl2F2N/c10-6-1-9(8(14)2-7(6)13)15-4-5(12)3-11/h1-3,15H,4H2/b5-3-. The van der Waals surface area contributed by atoms with E-state index >= 15 is 0 Å². The van der Waals surface area contributed by atoms with Crippen molar-refractivity contribution in [1.29, 1.82) is 0 Å². The number of anilines is 1. The third kappa shape index (κ3) is 3.63. The second kappa shape index (κ2) is 5.68. The molecule has 1 N–H and O–H groups in total.